The van der Waals surface area contributed by atoms with Crippen LogP contribution in [0.2, 0.25) is 0 Å². The fraction of sp³-hybridized carbons (Fsp3) is 0.440. The highest BCUT2D eigenvalue weighted by Gasteiger charge is 2.34. The van der Waals surface area contributed by atoms with E-state index in [1.54, 1.807) is 12.0 Å². The van der Waals surface area contributed by atoms with Gasteiger partial charge in [-0.25, -0.2) is 4.79 Å². The van der Waals surface area contributed by atoms with Crippen LogP contribution in [0.5, 0.6) is 11.5 Å². The van der Waals surface area contributed by atoms with Crippen LogP contribution in [0.25, 0.3) is 0 Å². The van der Waals surface area contributed by atoms with Crippen LogP contribution in [-0.4, -0.2) is 50.7 Å². The van der Waals surface area contributed by atoms with E-state index < -0.39 is 0 Å². The minimum Gasteiger partial charge on any atom is -0.493 e. The fourth-order valence-corrected chi connectivity index (χ4v) is 4.48. The van der Waals surface area contributed by atoms with E-state index in [9.17, 15) is 4.79 Å². The number of carbonyl (C=O) groups excluding carboxylic acids is 2. The van der Waals surface area contributed by atoms with Gasteiger partial charge in [0, 0.05) is 31.8 Å². The molecular weight excluding hydrogens is 394 g/mol. The maximum absolute atomic E-state index is 11.9. The predicted molar refractivity (Wildman–Crippen MR) is 119 cm³/mol. The molecular formula is C25H31NO5. The molecule has 0 bridgehead atoms. The molecule has 2 aliphatic rings. The van der Waals surface area contributed by atoms with Crippen molar-refractivity contribution in [2.75, 3.05) is 27.3 Å². The van der Waals surface area contributed by atoms with Crippen LogP contribution in [0, 0.1) is 5.92 Å². The third-order valence-electron chi connectivity index (χ3n) is 5.97. The monoisotopic (exact) mass is 425 g/mol. The second-order valence-corrected chi connectivity index (χ2v) is 8.02. The van der Waals surface area contributed by atoms with Gasteiger partial charge in [0.2, 0.25) is 0 Å². The summed E-state index contributed by atoms with van der Waals surface area (Å²) in [6, 6.07) is 14.6. The minimum atomic E-state index is -0.261. The molecule has 2 atom stereocenters. The molecule has 1 amide bonds. The Morgan fingerprint density at radius 2 is 1.68 bits per heavy atom. The normalized spacial score (nSPS) is 19.8. The van der Waals surface area contributed by atoms with Gasteiger partial charge in [0.25, 0.3) is 0 Å². The Morgan fingerprint density at radius 1 is 1.03 bits per heavy atom. The maximum Gasteiger partial charge on any atom is 0.409 e. The van der Waals surface area contributed by atoms with Crippen molar-refractivity contribution in [1.29, 1.82) is 0 Å². The number of carbonyl (C=O) groups is 2. The van der Waals surface area contributed by atoms with Crippen LogP contribution < -0.4 is 9.47 Å². The Morgan fingerprint density at radius 3 is 2.26 bits per heavy atom. The van der Waals surface area contributed by atoms with Crippen LogP contribution in [0.15, 0.2) is 42.5 Å². The van der Waals surface area contributed by atoms with Gasteiger partial charge < -0.3 is 23.9 Å². The second-order valence-electron chi connectivity index (χ2n) is 8.02. The molecule has 0 spiro atoms. The van der Waals surface area contributed by atoms with Gasteiger partial charge >= 0.3 is 6.09 Å². The first-order chi connectivity index (χ1) is 15.0. The Hall–Kier alpha value is -3.02. The molecule has 0 saturated carbocycles. The van der Waals surface area contributed by atoms with Crippen molar-refractivity contribution >= 4 is 12.4 Å². The van der Waals surface area contributed by atoms with E-state index in [0.717, 1.165) is 30.6 Å². The average Bonchev–Trinajstić information content (AvgIpc) is 3.36. The zero-order valence-electron chi connectivity index (χ0n) is 18.7. The molecule has 1 heterocycles. The highest BCUT2D eigenvalue weighted by molar-refractivity contribution is 5.68. The molecule has 6 heteroatoms. The highest BCUT2D eigenvalue weighted by Crippen LogP contribution is 2.38. The van der Waals surface area contributed by atoms with Crippen LogP contribution in [0.4, 0.5) is 4.79 Å². The van der Waals surface area contributed by atoms with Gasteiger partial charge in [-0.1, -0.05) is 37.3 Å². The van der Waals surface area contributed by atoms with Crippen molar-refractivity contribution in [3.63, 3.8) is 0 Å². The summed E-state index contributed by atoms with van der Waals surface area (Å²) >= 11 is 0. The molecule has 31 heavy (non-hydrogen) atoms. The smallest absolute Gasteiger partial charge is 0.409 e. The summed E-state index contributed by atoms with van der Waals surface area (Å²) in [6.45, 7) is 4.98. The maximum atomic E-state index is 11.9. The zero-order chi connectivity index (χ0) is 22.4. The largest absolute Gasteiger partial charge is 0.493 e. The molecule has 1 fully saturated rings. The molecule has 6 nitrogen and oxygen atoms in total. The van der Waals surface area contributed by atoms with Crippen LogP contribution in [0.3, 0.4) is 0 Å². The summed E-state index contributed by atoms with van der Waals surface area (Å²) in [5.74, 6) is 2.14. The Balaban J connectivity index is 0.000000858. The number of aldehydes is 1. The molecule has 0 aromatic heterocycles. The number of amides is 1. The molecule has 4 rings (SSSR count). The van der Waals surface area contributed by atoms with E-state index >= 15 is 0 Å². The van der Waals surface area contributed by atoms with Crippen LogP contribution in [-0.2, 0) is 22.4 Å². The van der Waals surface area contributed by atoms with Gasteiger partial charge in [0.05, 0.1) is 14.2 Å². The van der Waals surface area contributed by atoms with Crippen molar-refractivity contribution < 1.29 is 23.8 Å². The number of fused-ring (bicyclic) bond motifs is 1. The summed E-state index contributed by atoms with van der Waals surface area (Å²) in [7, 11) is 3.10. The number of hydrogen-bond donors (Lipinski definition) is 0. The lowest BCUT2D eigenvalue weighted by Gasteiger charge is -2.20. The Bertz CT molecular complexity index is 888. The van der Waals surface area contributed by atoms with Crippen molar-refractivity contribution in [1.82, 2.24) is 4.90 Å². The summed E-state index contributed by atoms with van der Waals surface area (Å²) in [5.41, 5.74) is 3.90. The van der Waals surface area contributed by atoms with Crippen molar-refractivity contribution in [2.45, 2.75) is 38.7 Å². The van der Waals surface area contributed by atoms with Gasteiger partial charge in [-0.2, -0.15) is 0 Å². The van der Waals surface area contributed by atoms with Gasteiger partial charge in [-0.05, 0) is 41.7 Å². The number of rotatable bonds is 4. The number of ether oxygens (including phenoxy) is 3. The van der Waals surface area contributed by atoms with Crippen molar-refractivity contribution in [2.24, 2.45) is 5.92 Å². The minimum absolute atomic E-state index is 0.120. The first-order valence-corrected chi connectivity index (χ1v) is 10.6. The van der Waals surface area contributed by atoms with Crippen LogP contribution >= 0.6 is 0 Å². The topological polar surface area (TPSA) is 65.1 Å². The lowest BCUT2D eigenvalue weighted by molar-refractivity contribution is -0.106. The van der Waals surface area contributed by atoms with E-state index in [0.29, 0.717) is 19.0 Å². The van der Waals surface area contributed by atoms with Gasteiger partial charge in [0.15, 0.2) is 11.5 Å². The van der Waals surface area contributed by atoms with Gasteiger partial charge in [0.1, 0.15) is 12.4 Å². The molecule has 166 valence electrons. The highest BCUT2D eigenvalue weighted by atomic mass is 16.5. The number of hydrogen-bond acceptors (Lipinski definition) is 5. The molecule has 1 saturated heterocycles. The summed E-state index contributed by atoms with van der Waals surface area (Å²) < 4.78 is 16.8. The first-order valence-electron chi connectivity index (χ1n) is 10.6. The Kier molecular flexibility index (Phi) is 7.55. The predicted octanol–water partition coefficient (Wildman–Crippen LogP) is 4.25. The standard InChI is InChI=1S/C23H27NO4.C2H4O/c1-15-13-24(23(25)27-3)14-20(15)18-8-9-21(26-2)22(12-18)28-19-10-16-6-4-5-7-17(16)11-19;1-2-3/h4-9,12,15,19-20H,10-11,13-14H2,1-3H3;2H,1H3/t15?,20-;/m1./s1. The lowest BCUT2D eigenvalue weighted by Crippen LogP contribution is -2.28. The number of nitrogens with zero attached hydrogens (tertiary/aromatic N) is 1. The number of likely N-dealkylation sites (tertiary alicyclic amines) is 1. The van der Waals surface area contributed by atoms with E-state index in [2.05, 4.69) is 43.3 Å². The zero-order valence-corrected chi connectivity index (χ0v) is 18.7. The van der Waals surface area contributed by atoms with Gasteiger partial charge in [-0.15, -0.1) is 0 Å². The number of methoxy groups -OCH3 is 2. The van der Waals surface area contributed by atoms with E-state index in [-0.39, 0.29) is 18.1 Å². The van der Waals surface area contributed by atoms with Gasteiger partial charge in [-0.3, -0.25) is 0 Å². The Labute approximate surface area is 184 Å². The third kappa shape index (κ3) is 5.19. The fourth-order valence-electron chi connectivity index (χ4n) is 4.48. The summed E-state index contributed by atoms with van der Waals surface area (Å²) in [4.78, 5) is 22.5. The summed E-state index contributed by atoms with van der Waals surface area (Å²) in [6.07, 6.45) is 2.44. The summed E-state index contributed by atoms with van der Waals surface area (Å²) in [5, 5.41) is 0. The van der Waals surface area contributed by atoms with E-state index in [1.165, 1.54) is 30.7 Å². The molecule has 0 N–H and O–H groups in total. The lowest BCUT2D eigenvalue weighted by atomic mass is 9.90. The molecule has 2 aromatic carbocycles. The quantitative estimate of drug-likeness (QED) is 0.686. The third-order valence-corrected chi connectivity index (χ3v) is 5.97. The van der Waals surface area contributed by atoms with Crippen molar-refractivity contribution in [3.05, 3.63) is 59.2 Å². The molecule has 1 aliphatic carbocycles. The molecule has 1 aliphatic heterocycles. The SMILES string of the molecule is CC=O.COC(=O)N1CC(C)[C@H](c2ccc(OC)c(OC3Cc4ccccc4C3)c2)C1. The second kappa shape index (κ2) is 10.3. The molecule has 0 radical (unpaired) electrons. The number of benzene rings is 2. The molecule has 1 unspecified atom stereocenters. The molecule has 2 aromatic rings. The van der Waals surface area contributed by atoms with E-state index in [1.807, 2.05) is 6.07 Å². The first kappa shape index (κ1) is 22.7. The van der Waals surface area contributed by atoms with Crippen LogP contribution in [0.1, 0.15) is 36.5 Å². The van der Waals surface area contributed by atoms with E-state index in [4.69, 9.17) is 19.0 Å². The van der Waals surface area contributed by atoms with Crippen molar-refractivity contribution in [3.8, 4) is 11.5 Å². The average molecular weight is 426 g/mol.